The number of carbonyl (C=O) groups excluding carboxylic acids is 1. The van der Waals surface area contributed by atoms with Crippen molar-refractivity contribution >= 4 is 16.7 Å². The second-order valence-electron chi connectivity index (χ2n) is 3.44. The van der Waals surface area contributed by atoms with E-state index in [1.54, 1.807) is 18.2 Å². The highest BCUT2D eigenvalue weighted by Gasteiger charge is 2.14. The Hall–Kier alpha value is -2.17. The highest BCUT2D eigenvalue weighted by Crippen LogP contribution is 2.15. The molecule has 16 heavy (non-hydrogen) atoms. The van der Waals surface area contributed by atoms with Crippen LogP contribution in [0.15, 0.2) is 23.0 Å². The van der Waals surface area contributed by atoms with Gasteiger partial charge in [-0.05, 0) is 19.1 Å². The van der Waals surface area contributed by atoms with Crippen LogP contribution in [0.2, 0.25) is 0 Å². The van der Waals surface area contributed by atoms with Crippen LogP contribution in [0.1, 0.15) is 16.1 Å². The number of nitrogens with one attached hydrogen (secondary N) is 1. The van der Waals surface area contributed by atoms with Crippen LogP contribution in [0.25, 0.3) is 10.8 Å². The Morgan fingerprint density at radius 3 is 2.81 bits per heavy atom. The molecule has 5 nitrogen and oxygen atoms in total. The first kappa shape index (κ1) is 10.4. The van der Waals surface area contributed by atoms with E-state index >= 15 is 0 Å². The van der Waals surface area contributed by atoms with E-state index in [0.29, 0.717) is 10.8 Å². The fraction of sp³-hybridized carbons (Fsp3) is 0.182. The van der Waals surface area contributed by atoms with Crippen molar-refractivity contribution in [1.29, 1.82) is 0 Å². The van der Waals surface area contributed by atoms with Gasteiger partial charge in [0.25, 0.3) is 5.56 Å². The van der Waals surface area contributed by atoms with Crippen molar-refractivity contribution in [1.82, 2.24) is 10.2 Å². The van der Waals surface area contributed by atoms with Crippen LogP contribution in [0.3, 0.4) is 0 Å². The number of methoxy groups -OCH3 is 1. The molecule has 82 valence electrons. The third-order valence-electron chi connectivity index (χ3n) is 2.32. The van der Waals surface area contributed by atoms with Crippen molar-refractivity contribution in [2.75, 3.05) is 7.11 Å². The summed E-state index contributed by atoms with van der Waals surface area (Å²) < 4.78 is 4.60. The molecule has 5 heteroatoms. The second-order valence-corrected chi connectivity index (χ2v) is 3.44. The average Bonchev–Trinajstić information content (AvgIpc) is 2.28. The van der Waals surface area contributed by atoms with Gasteiger partial charge in [-0.15, -0.1) is 0 Å². The van der Waals surface area contributed by atoms with Gasteiger partial charge >= 0.3 is 5.97 Å². The number of aryl methyl sites for hydroxylation is 1. The largest absolute Gasteiger partial charge is 0.464 e. The Balaban J connectivity index is 2.86. The third-order valence-corrected chi connectivity index (χ3v) is 2.32. The fourth-order valence-corrected chi connectivity index (χ4v) is 1.53. The van der Waals surface area contributed by atoms with Gasteiger partial charge in [-0.2, -0.15) is 5.10 Å². The Labute approximate surface area is 91.1 Å². The molecular formula is C11H10N2O3. The summed E-state index contributed by atoms with van der Waals surface area (Å²) in [5.74, 6) is -0.563. The van der Waals surface area contributed by atoms with Crippen molar-refractivity contribution in [2.45, 2.75) is 6.92 Å². The maximum atomic E-state index is 11.5. The van der Waals surface area contributed by atoms with Crippen molar-refractivity contribution in [3.8, 4) is 0 Å². The van der Waals surface area contributed by atoms with Gasteiger partial charge in [0.1, 0.15) is 0 Å². The van der Waals surface area contributed by atoms with E-state index in [4.69, 9.17) is 0 Å². The molecule has 2 aromatic rings. The summed E-state index contributed by atoms with van der Waals surface area (Å²) in [5, 5.41) is 6.92. The molecule has 0 spiro atoms. The predicted octanol–water partition coefficient (Wildman–Crippen LogP) is 1.02. The van der Waals surface area contributed by atoms with Crippen LogP contribution < -0.4 is 5.56 Å². The number of rotatable bonds is 1. The van der Waals surface area contributed by atoms with Gasteiger partial charge in [-0.1, -0.05) is 11.6 Å². The molecule has 1 aromatic heterocycles. The number of esters is 1. The Kier molecular flexibility index (Phi) is 2.44. The summed E-state index contributed by atoms with van der Waals surface area (Å²) in [7, 11) is 1.27. The zero-order valence-electron chi connectivity index (χ0n) is 8.90. The lowest BCUT2D eigenvalue weighted by molar-refractivity contribution is 0.0595. The van der Waals surface area contributed by atoms with E-state index in [0.717, 1.165) is 5.56 Å². The van der Waals surface area contributed by atoms with Crippen LogP contribution in [-0.2, 0) is 4.74 Å². The maximum absolute atomic E-state index is 11.5. The summed E-state index contributed by atoms with van der Waals surface area (Å²) in [5.41, 5.74) is 0.758. The van der Waals surface area contributed by atoms with Crippen LogP contribution in [0.4, 0.5) is 0 Å². The number of nitrogens with zero attached hydrogens (tertiary/aromatic N) is 1. The number of aromatic nitrogens is 2. The van der Waals surface area contributed by atoms with E-state index in [-0.39, 0.29) is 11.3 Å². The quantitative estimate of drug-likeness (QED) is 0.725. The molecular weight excluding hydrogens is 208 g/mol. The number of hydrogen-bond donors (Lipinski definition) is 1. The van der Waals surface area contributed by atoms with E-state index in [9.17, 15) is 9.59 Å². The number of carbonyl (C=O) groups is 1. The van der Waals surface area contributed by atoms with Gasteiger partial charge in [0.05, 0.1) is 12.5 Å². The predicted molar refractivity (Wildman–Crippen MR) is 58.4 cm³/mol. The van der Waals surface area contributed by atoms with Crippen LogP contribution in [0, 0.1) is 6.92 Å². The first-order chi connectivity index (χ1) is 7.63. The van der Waals surface area contributed by atoms with Gasteiger partial charge in [0, 0.05) is 5.39 Å². The van der Waals surface area contributed by atoms with Crippen molar-refractivity contribution in [3.05, 3.63) is 39.8 Å². The molecule has 1 heterocycles. The second kappa shape index (κ2) is 3.77. The molecule has 1 N–H and O–H groups in total. The minimum absolute atomic E-state index is 0.126. The summed E-state index contributed by atoms with van der Waals surface area (Å²) in [6.45, 7) is 1.88. The first-order valence-electron chi connectivity index (χ1n) is 4.71. The summed E-state index contributed by atoms with van der Waals surface area (Å²) in [6, 6.07) is 5.21. The highest BCUT2D eigenvalue weighted by atomic mass is 16.5. The highest BCUT2D eigenvalue weighted by molar-refractivity contribution is 6.02. The number of aromatic amines is 1. The van der Waals surface area contributed by atoms with E-state index in [1.807, 2.05) is 6.92 Å². The summed E-state index contributed by atoms with van der Waals surface area (Å²) in [4.78, 5) is 22.9. The zero-order chi connectivity index (χ0) is 11.7. The zero-order valence-corrected chi connectivity index (χ0v) is 8.90. The molecule has 1 aromatic carbocycles. The molecule has 0 bridgehead atoms. The molecule has 0 fully saturated rings. The van der Waals surface area contributed by atoms with E-state index < -0.39 is 5.97 Å². The number of hydrogen-bond acceptors (Lipinski definition) is 4. The minimum atomic E-state index is -0.563. The summed E-state index contributed by atoms with van der Waals surface area (Å²) in [6.07, 6.45) is 0. The molecule has 0 aliphatic rings. The monoisotopic (exact) mass is 218 g/mol. The van der Waals surface area contributed by atoms with Gasteiger partial charge in [-0.3, -0.25) is 4.79 Å². The molecule has 0 atom stereocenters. The Morgan fingerprint density at radius 1 is 1.38 bits per heavy atom. The van der Waals surface area contributed by atoms with Gasteiger partial charge in [0.15, 0.2) is 5.69 Å². The molecule has 0 amide bonds. The topological polar surface area (TPSA) is 72.0 Å². The lowest BCUT2D eigenvalue weighted by Crippen LogP contribution is -2.15. The van der Waals surface area contributed by atoms with E-state index in [1.165, 1.54) is 7.11 Å². The Morgan fingerprint density at radius 2 is 2.12 bits per heavy atom. The lowest BCUT2D eigenvalue weighted by Gasteiger charge is -2.03. The third kappa shape index (κ3) is 1.56. The normalized spacial score (nSPS) is 10.4. The standard InChI is InChI=1S/C11H10N2O3/c1-6-3-4-7-8(5-6)9(11(15)16-2)12-13-10(7)14/h3-5H,1-2H3,(H,13,14). The van der Waals surface area contributed by atoms with Crippen LogP contribution in [-0.4, -0.2) is 23.3 Å². The van der Waals surface area contributed by atoms with Crippen LogP contribution >= 0.6 is 0 Å². The van der Waals surface area contributed by atoms with Crippen molar-refractivity contribution < 1.29 is 9.53 Å². The number of ether oxygens (including phenoxy) is 1. The smallest absolute Gasteiger partial charge is 0.359 e. The van der Waals surface area contributed by atoms with Gasteiger partial charge in [-0.25, -0.2) is 9.89 Å². The van der Waals surface area contributed by atoms with E-state index in [2.05, 4.69) is 14.9 Å². The number of benzene rings is 1. The summed E-state index contributed by atoms with van der Waals surface area (Å²) >= 11 is 0. The molecule has 0 unspecified atom stereocenters. The van der Waals surface area contributed by atoms with Crippen LogP contribution in [0.5, 0.6) is 0 Å². The number of H-pyrrole nitrogens is 1. The SMILES string of the molecule is COC(=O)c1n[nH]c(=O)c2ccc(C)cc12. The molecule has 0 saturated carbocycles. The lowest BCUT2D eigenvalue weighted by atomic mass is 10.1. The molecule has 0 aliphatic carbocycles. The molecule has 2 rings (SSSR count). The maximum Gasteiger partial charge on any atom is 0.359 e. The van der Waals surface area contributed by atoms with Crippen molar-refractivity contribution in [2.24, 2.45) is 0 Å². The van der Waals surface area contributed by atoms with Gasteiger partial charge in [0.2, 0.25) is 0 Å². The van der Waals surface area contributed by atoms with Gasteiger partial charge < -0.3 is 4.74 Å². The fourth-order valence-electron chi connectivity index (χ4n) is 1.53. The first-order valence-corrected chi connectivity index (χ1v) is 4.71. The molecule has 0 saturated heterocycles. The minimum Gasteiger partial charge on any atom is -0.464 e. The number of fused-ring (bicyclic) bond motifs is 1. The van der Waals surface area contributed by atoms with Crippen molar-refractivity contribution in [3.63, 3.8) is 0 Å². The molecule has 0 aliphatic heterocycles. The Bertz CT molecular complexity index is 616. The molecule has 0 radical (unpaired) electrons. The average molecular weight is 218 g/mol.